The van der Waals surface area contributed by atoms with Crippen LogP contribution in [0.5, 0.6) is 0 Å². The highest BCUT2D eigenvalue weighted by atomic mass is 35.5. The number of rotatable bonds is 0. The summed E-state index contributed by atoms with van der Waals surface area (Å²) in [6.45, 7) is 0. The zero-order valence-electron chi connectivity index (χ0n) is 4.30. The molecule has 0 atom stereocenters. The average Bonchev–Trinajstić information content (AvgIpc) is 2.17. The Morgan fingerprint density at radius 2 is 2.44 bits per heavy atom. The molecule has 1 aromatic heterocycles. The summed E-state index contributed by atoms with van der Waals surface area (Å²) in [7, 11) is 0. The first-order chi connectivity index (χ1) is 4.33. The van der Waals surface area contributed by atoms with Gasteiger partial charge in [0.1, 0.15) is 0 Å². The average molecular weight is 160 g/mol. The molecular weight excluding hydrogens is 158 g/mol. The van der Waals surface area contributed by atoms with Crippen molar-refractivity contribution >= 4 is 22.9 Å². The quantitative estimate of drug-likeness (QED) is 0.535. The molecule has 0 unspecified atom stereocenters. The first kappa shape index (κ1) is 6.40. The zero-order valence-corrected chi connectivity index (χ0v) is 5.87. The number of thiophene rings is 1. The van der Waals surface area contributed by atoms with Gasteiger partial charge >= 0.3 is 6.07 Å². The fraction of sp³-hybridized carbons (Fsp3) is 0. The molecule has 46 valence electrons. The highest BCUT2D eigenvalue weighted by molar-refractivity contribution is 7.16. The van der Waals surface area contributed by atoms with E-state index in [1.807, 2.05) is 0 Å². The molecule has 0 fully saturated rings. The molecule has 0 amide bonds. The molecule has 2 nitrogen and oxygen atoms in total. The van der Waals surface area contributed by atoms with E-state index in [0.717, 1.165) is 0 Å². The highest BCUT2D eigenvalue weighted by Gasteiger charge is 1.97. The van der Waals surface area contributed by atoms with Crippen molar-refractivity contribution in [1.29, 1.82) is 0 Å². The Balaban J connectivity index is 2.93. The minimum atomic E-state index is 0.640. The molecular formula is C5H2ClNOS. The molecule has 0 radical (unpaired) electrons. The lowest BCUT2D eigenvalue weighted by atomic mass is 10.5. The van der Waals surface area contributed by atoms with Gasteiger partial charge < -0.3 is 5.21 Å². The van der Waals surface area contributed by atoms with Crippen LogP contribution < -0.4 is 0 Å². The molecule has 0 aliphatic carbocycles. The predicted octanol–water partition coefficient (Wildman–Crippen LogP) is 2.58. The van der Waals surface area contributed by atoms with Crippen LogP contribution in [0.1, 0.15) is 4.88 Å². The van der Waals surface area contributed by atoms with Crippen molar-refractivity contribution in [2.45, 2.75) is 0 Å². The maximum absolute atomic E-state index is 9.59. The zero-order chi connectivity index (χ0) is 6.69. The summed E-state index contributed by atoms with van der Waals surface area (Å²) in [5.74, 6) is 0. The number of hydrogen-bond donors (Lipinski definition) is 0. The summed E-state index contributed by atoms with van der Waals surface area (Å²) in [5.41, 5.74) is 0. The Hall–Kier alpha value is -0.720. The summed E-state index contributed by atoms with van der Waals surface area (Å²) in [4.78, 5) is 0.662. The second kappa shape index (κ2) is 2.72. The molecule has 0 bridgehead atoms. The van der Waals surface area contributed by atoms with E-state index < -0.39 is 0 Å². The molecule has 0 aromatic carbocycles. The van der Waals surface area contributed by atoms with Gasteiger partial charge in [0.15, 0.2) is 4.88 Å². The molecule has 4 heteroatoms. The fourth-order valence-corrected chi connectivity index (χ4v) is 1.30. The smallest absolute Gasteiger partial charge is 0.347 e. The van der Waals surface area contributed by atoms with Crippen LogP contribution in [-0.4, -0.2) is 0 Å². The molecule has 0 N–H and O–H groups in total. The van der Waals surface area contributed by atoms with E-state index in [2.05, 4.69) is 11.1 Å². The first-order valence-electron chi connectivity index (χ1n) is 2.16. The molecule has 1 aromatic rings. The number of hydrogen-bond acceptors (Lipinski definition) is 2. The standard InChI is InChI=1S/C5H2ClNOS/c6-5-2-1-4(9-5)3-7-8/h1-2H. The van der Waals surface area contributed by atoms with E-state index in [0.29, 0.717) is 9.21 Å². The summed E-state index contributed by atoms with van der Waals surface area (Å²) >= 11 is 6.80. The summed E-state index contributed by atoms with van der Waals surface area (Å²) in [6, 6.07) is 5.61. The summed E-state index contributed by atoms with van der Waals surface area (Å²) in [5, 5.41) is 12.1. The lowest BCUT2D eigenvalue weighted by Gasteiger charge is -1.65. The van der Waals surface area contributed by atoms with Crippen molar-refractivity contribution in [3.05, 3.63) is 31.6 Å². The van der Waals surface area contributed by atoms with Gasteiger partial charge in [0.2, 0.25) is 0 Å². The van der Waals surface area contributed by atoms with Gasteiger partial charge in [-0.1, -0.05) is 11.6 Å². The molecule has 9 heavy (non-hydrogen) atoms. The lowest BCUT2D eigenvalue weighted by molar-refractivity contribution is 1.92. The Labute approximate surface area is 61.1 Å². The van der Waals surface area contributed by atoms with Crippen LogP contribution in [0.2, 0.25) is 4.34 Å². The normalized spacial score (nSPS) is 8.11. The van der Waals surface area contributed by atoms with E-state index in [1.54, 1.807) is 12.1 Å². The first-order valence-corrected chi connectivity index (χ1v) is 3.36. The van der Waals surface area contributed by atoms with Gasteiger partial charge in [0, 0.05) is 5.01 Å². The third-order valence-corrected chi connectivity index (χ3v) is 1.86. The van der Waals surface area contributed by atoms with Crippen LogP contribution in [-0.2, 0) is 0 Å². The molecule has 1 rings (SSSR count). The lowest BCUT2D eigenvalue weighted by Crippen LogP contribution is -1.52. The van der Waals surface area contributed by atoms with E-state index in [4.69, 9.17) is 11.6 Å². The van der Waals surface area contributed by atoms with Crippen LogP contribution in [0.25, 0.3) is 5.01 Å². The molecule has 0 saturated carbocycles. The van der Waals surface area contributed by atoms with Crippen LogP contribution >= 0.6 is 22.9 Å². The van der Waals surface area contributed by atoms with Crippen LogP contribution in [0.15, 0.2) is 12.1 Å². The molecule has 0 aliphatic heterocycles. The Morgan fingerprint density at radius 1 is 1.67 bits per heavy atom. The second-order valence-electron chi connectivity index (χ2n) is 1.31. The van der Waals surface area contributed by atoms with Crippen LogP contribution in [0, 0.1) is 11.3 Å². The third kappa shape index (κ3) is 1.60. The minimum absolute atomic E-state index is 0.640. The highest BCUT2D eigenvalue weighted by Crippen LogP contribution is 2.20. The maximum atomic E-state index is 9.59. The van der Waals surface area contributed by atoms with Gasteiger partial charge in [-0.2, -0.15) is 0 Å². The van der Waals surface area contributed by atoms with E-state index in [1.165, 1.54) is 11.3 Å². The maximum Gasteiger partial charge on any atom is 0.347 e. The van der Waals surface area contributed by atoms with Crippen LogP contribution in [0.3, 0.4) is 0 Å². The van der Waals surface area contributed by atoms with Crippen molar-refractivity contribution in [2.75, 3.05) is 0 Å². The Kier molecular flexibility index (Phi) is 1.93. The van der Waals surface area contributed by atoms with Crippen molar-refractivity contribution in [2.24, 2.45) is 0 Å². The Morgan fingerprint density at radius 3 is 2.89 bits per heavy atom. The van der Waals surface area contributed by atoms with Crippen molar-refractivity contribution in [3.63, 3.8) is 0 Å². The molecule has 0 aliphatic rings. The van der Waals surface area contributed by atoms with E-state index in [-0.39, 0.29) is 0 Å². The topological polar surface area (TPSA) is 27.4 Å². The molecule has 0 spiro atoms. The Bertz CT molecular complexity index is 259. The number of nitrogens with zero attached hydrogens (tertiary/aromatic N) is 1. The van der Waals surface area contributed by atoms with Gasteiger partial charge in [-0.3, -0.25) is 0 Å². The summed E-state index contributed by atoms with van der Waals surface area (Å²) < 4.78 is 0.640. The van der Waals surface area contributed by atoms with E-state index >= 15 is 0 Å². The minimum Gasteiger partial charge on any atom is -0.498 e. The van der Waals surface area contributed by atoms with Crippen molar-refractivity contribution in [3.8, 4) is 6.07 Å². The molecule has 0 saturated heterocycles. The van der Waals surface area contributed by atoms with Gasteiger partial charge in [0.25, 0.3) is 0 Å². The number of halogens is 1. The predicted molar refractivity (Wildman–Crippen MR) is 39.0 cm³/mol. The summed E-state index contributed by atoms with van der Waals surface area (Å²) in [6.07, 6.45) is 0. The third-order valence-electron chi connectivity index (χ3n) is 0.729. The molecule has 1 heterocycles. The van der Waals surface area contributed by atoms with Crippen LogP contribution in [0.4, 0.5) is 0 Å². The largest absolute Gasteiger partial charge is 0.498 e. The van der Waals surface area contributed by atoms with Gasteiger partial charge in [-0.25, -0.2) is 0 Å². The fourth-order valence-electron chi connectivity index (χ4n) is 0.419. The van der Waals surface area contributed by atoms with Gasteiger partial charge in [-0.05, 0) is 12.1 Å². The van der Waals surface area contributed by atoms with Gasteiger partial charge in [-0.15, -0.1) is 11.3 Å². The van der Waals surface area contributed by atoms with Crippen molar-refractivity contribution in [1.82, 2.24) is 0 Å². The van der Waals surface area contributed by atoms with E-state index in [9.17, 15) is 5.21 Å². The van der Waals surface area contributed by atoms with Crippen molar-refractivity contribution < 1.29 is 0 Å². The monoisotopic (exact) mass is 159 g/mol. The SMILES string of the molecule is [O-][N+]#Cc1ccc(Cl)s1. The van der Waals surface area contributed by atoms with Gasteiger partial charge in [0.05, 0.1) is 4.34 Å². The second-order valence-corrected chi connectivity index (χ2v) is 3.02.